The molecule has 0 aromatic rings. The topological polar surface area (TPSA) is 26.3 Å². The molecule has 0 fully saturated rings. The van der Waals surface area contributed by atoms with Gasteiger partial charge in [-0.3, -0.25) is 0 Å². The first-order valence-corrected chi connectivity index (χ1v) is 1.39. The SMILES string of the molecule is C=CC(=O)O[CH2-].[Y+3]. The summed E-state index contributed by atoms with van der Waals surface area (Å²) in [6, 6.07) is 0. The van der Waals surface area contributed by atoms with Crippen LogP contribution in [0.1, 0.15) is 0 Å². The zero-order chi connectivity index (χ0) is 4.99. The van der Waals surface area contributed by atoms with Crippen molar-refractivity contribution in [1.82, 2.24) is 0 Å². The second kappa shape index (κ2) is 6.31. The van der Waals surface area contributed by atoms with Crippen LogP contribution in [0, 0.1) is 7.11 Å². The van der Waals surface area contributed by atoms with Crippen LogP contribution in [0.3, 0.4) is 0 Å². The summed E-state index contributed by atoms with van der Waals surface area (Å²) in [5.41, 5.74) is 0. The van der Waals surface area contributed by atoms with Crippen molar-refractivity contribution in [3.8, 4) is 0 Å². The minimum Gasteiger partial charge on any atom is -0.637 e. The zero-order valence-corrected chi connectivity index (χ0v) is 6.72. The van der Waals surface area contributed by atoms with Crippen LogP contribution >= 0.6 is 0 Å². The number of carbonyl (C=O) groups is 1. The van der Waals surface area contributed by atoms with E-state index in [9.17, 15) is 4.79 Å². The fourth-order valence-corrected chi connectivity index (χ4v) is 0.0589. The second-order valence-corrected chi connectivity index (χ2v) is 0.667. The van der Waals surface area contributed by atoms with Crippen molar-refractivity contribution in [3.05, 3.63) is 19.8 Å². The molecule has 3 heteroatoms. The van der Waals surface area contributed by atoms with Crippen molar-refractivity contribution >= 4 is 5.97 Å². The third-order valence-electron chi connectivity index (χ3n) is 0.309. The van der Waals surface area contributed by atoms with Gasteiger partial charge in [-0.1, -0.05) is 6.58 Å². The summed E-state index contributed by atoms with van der Waals surface area (Å²) in [6.45, 7) is 3.12. The minimum absolute atomic E-state index is 0. The number of hydrogen-bond donors (Lipinski definition) is 0. The number of carbonyl (C=O) groups excluding carboxylic acids is 1. The molecular weight excluding hydrogens is 169 g/mol. The van der Waals surface area contributed by atoms with Crippen LogP contribution in [0.5, 0.6) is 0 Å². The van der Waals surface area contributed by atoms with E-state index in [1.54, 1.807) is 0 Å². The van der Waals surface area contributed by atoms with Crippen LogP contribution in [0.4, 0.5) is 0 Å². The van der Waals surface area contributed by atoms with Crippen LogP contribution in [0.25, 0.3) is 0 Å². The van der Waals surface area contributed by atoms with Gasteiger partial charge in [-0.2, -0.15) is 7.11 Å². The van der Waals surface area contributed by atoms with Gasteiger partial charge in [-0.05, 0) is 0 Å². The van der Waals surface area contributed by atoms with Gasteiger partial charge in [0.05, 0.1) is 0 Å². The summed E-state index contributed by atoms with van der Waals surface area (Å²) >= 11 is 0. The molecule has 0 N–H and O–H groups in total. The van der Waals surface area contributed by atoms with Crippen LogP contribution in [0.2, 0.25) is 0 Å². The van der Waals surface area contributed by atoms with Gasteiger partial charge in [0, 0.05) is 6.08 Å². The summed E-state index contributed by atoms with van der Waals surface area (Å²) in [6.07, 6.45) is 1.05. The minimum atomic E-state index is -0.505. The van der Waals surface area contributed by atoms with Gasteiger partial charge in [0.25, 0.3) is 5.97 Å². The fraction of sp³-hybridized carbons (Fsp3) is 0. The summed E-state index contributed by atoms with van der Waals surface area (Å²) in [5, 5.41) is 0. The van der Waals surface area contributed by atoms with E-state index >= 15 is 0 Å². The van der Waals surface area contributed by atoms with Gasteiger partial charge < -0.3 is 4.74 Å². The molecule has 0 amide bonds. The predicted octanol–water partition coefficient (Wildman–Crippen LogP) is 0.505. The van der Waals surface area contributed by atoms with E-state index in [2.05, 4.69) is 18.4 Å². The van der Waals surface area contributed by atoms with Crippen LogP contribution in [-0.2, 0) is 42.2 Å². The number of hydrogen-bond acceptors (Lipinski definition) is 2. The Balaban J connectivity index is 0. The third kappa shape index (κ3) is 6.31. The second-order valence-electron chi connectivity index (χ2n) is 0.667. The third-order valence-corrected chi connectivity index (χ3v) is 0.309. The molecular formula is C4H5O2Y+2. The standard InChI is InChI=1S/C4H5O2.Y/c1-3-4(5)6-2;/h3H,1-2H2;/q-1;+3. The normalized spacial score (nSPS) is 5.86. The van der Waals surface area contributed by atoms with Gasteiger partial charge in [-0.25, -0.2) is 4.79 Å². The van der Waals surface area contributed by atoms with Gasteiger partial charge in [-0.15, -0.1) is 0 Å². The monoisotopic (exact) mass is 174 g/mol. The maximum Gasteiger partial charge on any atom is 3.00 e. The molecule has 0 saturated carbocycles. The molecule has 34 valence electrons. The molecule has 0 aromatic heterocycles. The summed E-state index contributed by atoms with van der Waals surface area (Å²) in [7, 11) is 2.84. The first-order chi connectivity index (χ1) is 2.81. The average Bonchev–Trinajstić information content (AvgIpc) is 1.65. The quantitative estimate of drug-likeness (QED) is 0.328. The molecule has 0 aromatic carbocycles. The number of esters is 1. The molecule has 0 aliphatic rings. The molecule has 2 nitrogen and oxygen atoms in total. The molecule has 0 spiro atoms. The van der Waals surface area contributed by atoms with Crippen molar-refractivity contribution in [2.45, 2.75) is 0 Å². The van der Waals surface area contributed by atoms with Crippen LogP contribution in [0.15, 0.2) is 12.7 Å². The molecule has 0 saturated heterocycles. The Morgan fingerprint density at radius 3 is 2.29 bits per heavy atom. The molecule has 0 radical (unpaired) electrons. The first-order valence-electron chi connectivity index (χ1n) is 1.39. The Hall–Kier alpha value is 0.314. The van der Waals surface area contributed by atoms with E-state index in [1.807, 2.05) is 0 Å². The summed E-state index contributed by atoms with van der Waals surface area (Å²) in [4.78, 5) is 9.78. The Morgan fingerprint density at radius 2 is 2.29 bits per heavy atom. The number of rotatable bonds is 1. The molecule has 0 heterocycles. The maximum absolute atomic E-state index is 9.78. The Labute approximate surface area is 67.8 Å². The van der Waals surface area contributed by atoms with E-state index in [0.29, 0.717) is 0 Å². The Bertz CT molecular complexity index is 70.1. The summed E-state index contributed by atoms with van der Waals surface area (Å²) < 4.78 is 3.89. The van der Waals surface area contributed by atoms with Gasteiger partial charge in [0.15, 0.2) is 0 Å². The Morgan fingerprint density at radius 1 is 1.86 bits per heavy atom. The van der Waals surface area contributed by atoms with Gasteiger partial charge >= 0.3 is 32.7 Å². The zero-order valence-electron chi connectivity index (χ0n) is 3.89. The molecule has 0 bridgehead atoms. The molecule has 0 aliphatic heterocycles. The molecule has 0 aliphatic carbocycles. The van der Waals surface area contributed by atoms with Crippen molar-refractivity contribution < 1.29 is 42.2 Å². The maximum atomic E-state index is 9.78. The van der Waals surface area contributed by atoms with Crippen molar-refractivity contribution in [2.24, 2.45) is 0 Å². The van der Waals surface area contributed by atoms with E-state index in [-0.39, 0.29) is 32.7 Å². The molecule has 0 unspecified atom stereocenters. The van der Waals surface area contributed by atoms with E-state index in [0.717, 1.165) is 6.08 Å². The van der Waals surface area contributed by atoms with Crippen molar-refractivity contribution in [1.29, 1.82) is 0 Å². The van der Waals surface area contributed by atoms with E-state index in [1.165, 1.54) is 0 Å². The smallest absolute Gasteiger partial charge is 0.637 e. The van der Waals surface area contributed by atoms with Gasteiger partial charge in [0.1, 0.15) is 0 Å². The first kappa shape index (κ1) is 10.3. The average molecular weight is 174 g/mol. The fourth-order valence-electron chi connectivity index (χ4n) is 0.0589. The molecule has 7 heavy (non-hydrogen) atoms. The van der Waals surface area contributed by atoms with E-state index in [4.69, 9.17) is 0 Å². The van der Waals surface area contributed by atoms with Crippen LogP contribution < -0.4 is 0 Å². The number of ether oxygens (including phenoxy) is 1. The largest absolute Gasteiger partial charge is 3.00 e. The van der Waals surface area contributed by atoms with E-state index < -0.39 is 5.97 Å². The van der Waals surface area contributed by atoms with Gasteiger partial charge in [0.2, 0.25) is 0 Å². The predicted molar refractivity (Wildman–Crippen MR) is 21.6 cm³/mol. The van der Waals surface area contributed by atoms with Crippen molar-refractivity contribution in [3.63, 3.8) is 0 Å². The summed E-state index contributed by atoms with van der Waals surface area (Å²) in [5.74, 6) is -0.505. The Kier molecular flexibility index (Phi) is 9.31. The van der Waals surface area contributed by atoms with Crippen LogP contribution in [-0.4, -0.2) is 5.97 Å². The van der Waals surface area contributed by atoms with Crippen molar-refractivity contribution in [2.75, 3.05) is 0 Å². The molecule has 0 atom stereocenters. The molecule has 0 rings (SSSR count).